The second-order valence-electron chi connectivity index (χ2n) is 4.94. The second-order valence-corrected chi connectivity index (χ2v) is 6.13. The van der Waals surface area contributed by atoms with Gasteiger partial charge in [-0.2, -0.15) is 8.42 Å². The Morgan fingerprint density at radius 2 is 1.32 bits per heavy atom. The molecule has 0 spiro atoms. The summed E-state index contributed by atoms with van der Waals surface area (Å²) >= 11 is 0. The van der Waals surface area contributed by atoms with Crippen molar-refractivity contribution in [1.82, 2.24) is 9.80 Å². The zero-order chi connectivity index (χ0) is 18.9. The van der Waals surface area contributed by atoms with E-state index in [1.165, 1.54) is 0 Å². The Morgan fingerprint density at radius 1 is 1.09 bits per heavy atom. The van der Waals surface area contributed by atoms with E-state index in [1.54, 1.807) is 0 Å². The predicted molar refractivity (Wildman–Crippen MR) is 89.5 cm³/mol. The summed E-state index contributed by atoms with van der Waals surface area (Å²) in [5, 5.41) is 8.21. The number of rotatable bonds is 4. The normalized spacial score (nSPS) is 9.59. The third-order valence-electron chi connectivity index (χ3n) is 1.06. The van der Waals surface area contributed by atoms with Crippen LogP contribution in [0.4, 0.5) is 0 Å². The van der Waals surface area contributed by atoms with Crippen LogP contribution < -0.4 is 0 Å². The van der Waals surface area contributed by atoms with E-state index in [2.05, 4.69) is 10.8 Å². The number of hydrogen-bond donors (Lipinski definition) is 2. The number of nitrogens with zero attached hydrogens (tertiary/aromatic N) is 2. The van der Waals surface area contributed by atoms with Gasteiger partial charge < -0.3 is 14.9 Å². The lowest BCUT2D eigenvalue weighted by atomic mass is 10.2. The Bertz CT molecular complexity index is 355. The van der Waals surface area contributed by atoms with Crippen LogP contribution in [0.15, 0.2) is 12.2 Å². The second kappa shape index (κ2) is 18.1. The maximum Gasteiger partial charge on any atom is 0.397 e. The largest absolute Gasteiger partial charge is 0.478 e. The molecule has 9 heteroatoms. The Hall–Kier alpha value is -1.00. The van der Waals surface area contributed by atoms with Gasteiger partial charge in [-0.1, -0.05) is 19.9 Å². The van der Waals surface area contributed by atoms with Crippen LogP contribution in [0.2, 0.25) is 0 Å². The van der Waals surface area contributed by atoms with Gasteiger partial charge in [0, 0.05) is 5.57 Å². The topological polar surface area (TPSA) is 107 Å². The molecule has 0 saturated carbocycles. The van der Waals surface area contributed by atoms with Gasteiger partial charge in [0.25, 0.3) is 0 Å². The lowest BCUT2D eigenvalue weighted by Gasteiger charge is -1.92. The molecule has 0 aliphatic heterocycles. The van der Waals surface area contributed by atoms with Crippen molar-refractivity contribution >= 4 is 16.4 Å². The zero-order valence-electron chi connectivity index (χ0n) is 15.0. The van der Waals surface area contributed by atoms with Gasteiger partial charge in [-0.3, -0.25) is 8.74 Å². The van der Waals surface area contributed by atoms with E-state index in [0.717, 1.165) is 13.5 Å². The van der Waals surface area contributed by atoms with E-state index < -0.39 is 16.4 Å². The molecule has 0 amide bonds. The summed E-state index contributed by atoms with van der Waals surface area (Å²) in [6.45, 7) is 5.27. The van der Waals surface area contributed by atoms with Gasteiger partial charge in [0.05, 0.1) is 7.11 Å². The molecule has 0 aliphatic rings. The molecule has 0 bridgehead atoms. The van der Waals surface area contributed by atoms with Crippen LogP contribution >= 0.6 is 0 Å². The first-order valence-corrected chi connectivity index (χ1v) is 7.73. The Kier molecular flexibility index (Phi) is 23.8. The summed E-state index contributed by atoms with van der Waals surface area (Å²) in [7, 11) is 8.71. The van der Waals surface area contributed by atoms with Crippen molar-refractivity contribution in [2.45, 2.75) is 19.8 Å². The van der Waals surface area contributed by atoms with Crippen molar-refractivity contribution in [3.8, 4) is 0 Å². The van der Waals surface area contributed by atoms with E-state index in [0.29, 0.717) is 12.0 Å². The molecular weight excluding hydrogens is 312 g/mol. The molecule has 8 nitrogen and oxygen atoms in total. The molecule has 0 aromatic heterocycles. The van der Waals surface area contributed by atoms with Crippen molar-refractivity contribution in [1.29, 1.82) is 0 Å². The van der Waals surface area contributed by atoms with E-state index in [9.17, 15) is 13.2 Å². The molecule has 0 saturated heterocycles. The van der Waals surface area contributed by atoms with Crippen molar-refractivity contribution in [2.24, 2.45) is 0 Å². The Labute approximate surface area is 135 Å². The van der Waals surface area contributed by atoms with Crippen LogP contribution in [0.3, 0.4) is 0 Å². The molecule has 0 aromatic carbocycles. The van der Waals surface area contributed by atoms with Crippen molar-refractivity contribution in [3.63, 3.8) is 0 Å². The molecule has 0 atom stereocenters. The Morgan fingerprint density at radius 3 is 1.36 bits per heavy atom. The summed E-state index contributed by atoms with van der Waals surface area (Å²) in [6.07, 6.45) is 1.44. The minimum atomic E-state index is -4.16. The lowest BCUT2D eigenvalue weighted by Crippen LogP contribution is -1.99. The van der Waals surface area contributed by atoms with E-state index in [-0.39, 0.29) is 0 Å². The minimum absolute atomic E-state index is 0.299. The van der Waals surface area contributed by atoms with Crippen LogP contribution in [0, 0.1) is 0 Å². The van der Waals surface area contributed by atoms with Gasteiger partial charge in [-0.25, -0.2) is 4.79 Å². The predicted octanol–water partition coefficient (Wildman–Crippen LogP) is 1.22. The van der Waals surface area contributed by atoms with E-state index in [1.807, 2.05) is 59.0 Å². The molecule has 136 valence electrons. The molecule has 0 radical (unpaired) electrons. The maximum absolute atomic E-state index is 9.99. The third-order valence-corrected chi connectivity index (χ3v) is 1.49. The summed E-state index contributed by atoms with van der Waals surface area (Å²) in [4.78, 5) is 14.0. The molecule has 0 rings (SSSR count). The first kappa shape index (κ1) is 29.1. The van der Waals surface area contributed by atoms with Gasteiger partial charge in [-0.05, 0) is 48.7 Å². The number of hydrogen-bond acceptors (Lipinski definition) is 6. The van der Waals surface area contributed by atoms with Crippen LogP contribution in [0.25, 0.3) is 0 Å². The van der Waals surface area contributed by atoms with Gasteiger partial charge in [0.15, 0.2) is 0 Å². The highest BCUT2D eigenvalue weighted by molar-refractivity contribution is 7.80. The highest BCUT2D eigenvalue weighted by atomic mass is 32.3. The maximum atomic E-state index is 9.99. The molecule has 0 unspecified atom stereocenters. The fraction of sp³-hybridized carbons (Fsp3) is 0.769. The summed E-state index contributed by atoms with van der Waals surface area (Å²) in [5.74, 6) is -0.883. The van der Waals surface area contributed by atoms with E-state index >= 15 is 0 Å². The van der Waals surface area contributed by atoms with Crippen molar-refractivity contribution in [3.05, 3.63) is 12.2 Å². The number of aliphatic carboxylic acids is 1. The Balaban J connectivity index is -0.000000103. The summed E-state index contributed by atoms with van der Waals surface area (Å²) < 4.78 is 29.7. The average Bonchev–Trinajstić information content (AvgIpc) is 2.27. The number of carboxylic acids is 1. The lowest BCUT2D eigenvalue weighted by molar-refractivity contribution is -0.132. The zero-order valence-corrected chi connectivity index (χ0v) is 15.8. The van der Waals surface area contributed by atoms with Gasteiger partial charge in [0.2, 0.25) is 0 Å². The SMILES string of the molecule is C=C(CCC)C(=O)O.CN(C)C.CN(C)C.COS(=O)(=O)O. The van der Waals surface area contributed by atoms with Gasteiger partial charge in [0.1, 0.15) is 0 Å². The molecule has 0 heterocycles. The van der Waals surface area contributed by atoms with Gasteiger partial charge >= 0.3 is 16.4 Å². The molecule has 0 fully saturated rings. The average molecular weight is 344 g/mol. The van der Waals surface area contributed by atoms with Crippen molar-refractivity contribution in [2.75, 3.05) is 49.4 Å². The molecule has 2 N–H and O–H groups in total. The highest BCUT2D eigenvalue weighted by Gasteiger charge is 1.99. The first-order valence-electron chi connectivity index (χ1n) is 6.37. The van der Waals surface area contributed by atoms with E-state index in [4.69, 9.17) is 9.66 Å². The van der Waals surface area contributed by atoms with Crippen LogP contribution in [0.1, 0.15) is 19.8 Å². The highest BCUT2D eigenvalue weighted by Crippen LogP contribution is 1.99. The smallest absolute Gasteiger partial charge is 0.397 e. The minimum Gasteiger partial charge on any atom is -0.478 e. The monoisotopic (exact) mass is 344 g/mol. The van der Waals surface area contributed by atoms with Crippen LogP contribution in [0.5, 0.6) is 0 Å². The number of carboxylic acid groups (broad SMARTS) is 1. The molecule has 0 aliphatic carbocycles. The molecule has 22 heavy (non-hydrogen) atoms. The van der Waals surface area contributed by atoms with Crippen LogP contribution in [-0.2, 0) is 19.4 Å². The quantitative estimate of drug-likeness (QED) is 0.579. The fourth-order valence-corrected chi connectivity index (χ4v) is 0.409. The van der Waals surface area contributed by atoms with Crippen molar-refractivity contribution < 1.29 is 27.1 Å². The fourth-order valence-electron chi connectivity index (χ4n) is 0.409. The summed E-state index contributed by atoms with van der Waals surface area (Å²) in [6, 6.07) is 0. The standard InChI is InChI=1S/C6H10O2.2C3H9N.CH4O4S/c1-3-4-5(2)6(7)8;2*1-4(2)3;1-5-6(2,3)4/h2-4H2,1H3,(H,7,8);2*1-3H3;1H3,(H,2,3,4). The summed E-state index contributed by atoms with van der Waals surface area (Å²) in [5.41, 5.74) is 0.299. The first-order chi connectivity index (χ1) is 9.71. The third kappa shape index (κ3) is 76.0. The molecule has 0 aromatic rings. The van der Waals surface area contributed by atoms with Gasteiger partial charge in [-0.15, -0.1) is 0 Å². The number of carbonyl (C=O) groups is 1. The van der Waals surface area contributed by atoms with Crippen LogP contribution in [-0.4, -0.2) is 83.2 Å². The molecular formula is C13H32N2O6S.